The molecular weight excluding hydrogens is 360 g/mol. The van der Waals surface area contributed by atoms with Crippen LogP contribution in [0.1, 0.15) is 10.4 Å². The topological polar surface area (TPSA) is 41.8 Å². The van der Waals surface area contributed by atoms with Crippen LogP contribution in [0.4, 0.5) is 5.69 Å². The number of carbonyl (C=O) groups is 1. The average Bonchev–Trinajstić information content (AvgIpc) is 2.38. The fourth-order valence-electron chi connectivity index (χ4n) is 1.26. The Hall–Kier alpha value is -1.33. The number of benzene rings is 2. The highest BCUT2D eigenvalue weighted by molar-refractivity contribution is 9.10. The molecule has 0 saturated heterocycles. The van der Waals surface area contributed by atoms with Crippen molar-refractivity contribution >= 4 is 43.5 Å². The van der Waals surface area contributed by atoms with Gasteiger partial charge >= 0.3 is 0 Å². The standard InChI is InChI=1S/C13H8Br2N2O/c14-10-3-1-9(2-4-10)13(18)17-16-12-7-5-11(15)6-8-12/h1-8H. The molecule has 0 aliphatic heterocycles. The van der Waals surface area contributed by atoms with E-state index in [1.165, 1.54) is 0 Å². The lowest BCUT2D eigenvalue weighted by atomic mass is 10.2. The van der Waals surface area contributed by atoms with Crippen LogP contribution in [-0.2, 0) is 0 Å². The SMILES string of the molecule is O=C(N=Nc1ccc(Br)cc1)c1ccc(Br)cc1. The van der Waals surface area contributed by atoms with Crippen LogP contribution >= 0.6 is 31.9 Å². The molecule has 2 aromatic carbocycles. The van der Waals surface area contributed by atoms with Gasteiger partial charge in [0.1, 0.15) is 0 Å². The van der Waals surface area contributed by atoms with Gasteiger partial charge in [0, 0.05) is 14.5 Å². The van der Waals surface area contributed by atoms with Crippen LogP contribution in [0, 0.1) is 0 Å². The molecule has 0 aliphatic rings. The number of hydrogen-bond donors (Lipinski definition) is 0. The zero-order valence-corrected chi connectivity index (χ0v) is 12.3. The summed E-state index contributed by atoms with van der Waals surface area (Å²) in [7, 11) is 0. The summed E-state index contributed by atoms with van der Waals surface area (Å²) in [4.78, 5) is 11.7. The monoisotopic (exact) mass is 366 g/mol. The molecular formula is C13H8Br2N2O. The Balaban J connectivity index is 2.11. The van der Waals surface area contributed by atoms with Crippen molar-refractivity contribution < 1.29 is 4.79 Å². The van der Waals surface area contributed by atoms with Crippen molar-refractivity contribution in [2.45, 2.75) is 0 Å². The summed E-state index contributed by atoms with van der Waals surface area (Å²) in [6.07, 6.45) is 0. The summed E-state index contributed by atoms with van der Waals surface area (Å²) in [5.41, 5.74) is 1.16. The quantitative estimate of drug-likeness (QED) is 0.678. The second-order valence-electron chi connectivity index (χ2n) is 3.49. The first kappa shape index (κ1) is 13.1. The van der Waals surface area contributed by atoms with Crippen molar-refractivity contribution in [2.24, 2.45) is 10.2 Å². The van der Waals surface area contributed by atoms with Gasteiger partial charge in [-0.25, -0.2) is 0 Å². The number of azo groups is 1. The van der Waals surface area contributed by atoms with E-state index >= 15 is 0 Å². The van der Waals surface area contributed by atoms with Crippen LogP contribution in [0.5, 0.6) is 0 Å². The fraction of sp³-hybridized carbons (Fsp3) is 0. The maximum atomic E-state index is 11.7. The second-order valence-corrected chi connectivity index (χ2v) is 5.32. The summed E-state index contributed by atoms with van der Waals surface area (Å²) in [5, 5.41) is 7.57. The third-order valence-electron chi connectivity index (χ3n) is 2.17. The number of halogens is 2. The summed E-state index contributed by atoms with van der Waals surface area (Å²) < 4.78 is 1.88. The molecule has 0 N–H and O–H groups in total. The van der Waals surface area contributed by atoms with Crippen molar-refractivity contribution in [1.82, 2.24) is 0 Å². The smallest absolute Gasteiger partial charge is 0.265 e. The third-order valence-corrected chi connectivity index (χ3v) is 3.23. The molecule has 0 atom stereocenters. The molecule has 0 saturated carbocycles. The molecule has 18 heavy (non-hydrogen) atoms. The van der Waals surface area contributed by atoms with E-state index in [0.29, 0.717) is 11.3 Å². The summed E-state index contributed by atoms with van der Waals surface area (Å²) in [5.74, 6) is -0.356. The molecule has 0 spiro atoms. The highest BCUT2D eigenvalue weighted by Gasteiger charge is 2.03. The molecule has 2 aromatic rings. The number of rotatable bonds is 2. The first-order valence-electron chi connectivity index (χ1n) is 5.12. The van der Waals surface area contributed by atoms with Gasteiger partial charge in [-0.05, 0) is 48.5 Å². The van der Waals surface area contributed by atoms with E-state index in [1.54, 1.807) is 36.4 Å². The predicted octanol–water partition coefficient (Wildman–Crippen LogP) is 5.14. The minimum Gasteiger partial charge on any atom is -0.265 e. The molecule has 90 valence electrons. The van der Waals surface area contributed by atoms with E-state index in [2.05, 4.69) is 42.1 Å². The summed E-state index contributed by atoms with van der Waals surface area (Å²) >= 11 is 6.63. The van der Waals surface area contributed by atoms with Gasteiger partial charge in [0.15, 0.2) is 0 Å². The first-order valence-corrected chi connectivity index (χ1v) is 6.71. The maximum absolute atomic E-state index is 11.7. The number of hydrogen-bond acceptors (Lipinski definition) is 2. The molecule has 5 heteroatoms. The number of nitrogens with zero attached hydrogens (tertiary/aromatic N) is 2. The van der Waals surface area contributed by atoms with E-state index in [4.69, 9.17) is 0 Å². The van der Waals surface area contributed by atoms with Crippen LogP contribution in [0.3, 0.4) is 0 Å². The van der Waals surface area contributed by atoms with E-state index in [1.807, 2.05) is 12.1 Å². The summed E-state index contributed by atoms with van der Waals surface area (Å²) in [6, 6.07) is 14.2. The summed E-state index contributed by atoms with van der Waals surface area (Å²) in [6.45, 7) is 0. The van der Waals surface area contributed by atoms with Crippen molar-refractivity contribution in [3.05, 3.63) is 63.0 Å². The van der Waals surface area contributed by atoms with Crippen LogP contribution in [0.25, 0.3) is 0 Å². The maximum Gasteiger partial charge on any atom is 0.295 e. The molecule has 0 aliphatic carbocycles. The van der Waals surface area contributed by atoms with Crippen LogP contribution in [0.15, 0.2) is 67.7 Å². The van der Waals surface area contributed by atoms with Crippen LogP contribution < -0.4 is 0 Å². The van der Waals surface area contributed by atoms with Crippen LogP contribution in [-0.4, -0.2) is 5.91 Å². The molecule has 0 radical (unpaired) electrons. The second kappa shape index (κ2) is 6.02. The van der Waals surface area contributed by atoms with E-state index in [9.17, 15) is 4.79 Å². The van der Waals surface area contributed by atoms with Gasteiger partial charge in [-0.3, -0.25) is 4.79 Å². The van der Waals surface area contributed by atoms with Crippen LogP contribution in [0.2, 0.25) is 0 Å². The van der Waals surface area contributed by atoms with Crippen molar-refractivity contribution in [2.75, 3.05) is 0 Å². The molecule has 3 nitrogen and oxygen atoms in total. The Morgan fingerprint density at radius 3 is 1.89 bits per heavy atom. The molecule has 0 fully saturated rings. The van der Waals surface area contributed by atoms with Gasteiger partial charge in [-0.1, -0.05) is 31.9 Å². The molecule has 1 amide bonds. The van der Waals surface area contributed by atoms with Crippen molar-refractivity contribution in [1.29, 1.82) is 0 Å². The number of amides is 1. The van der Waals surface area contributed by atoms with E-state index in [0.717, 1.165) is 8.95 Å². The average molecular weight is 368 g/mol. The number of carbonyl (C=O) groups excluding carboxylic acids is 1. The zero-order valence-electron chi connectivity index (χ0n) is 9.18. The first-order chi connectivity index (χ1) is 8.65. The lowest BCUT2D eigenvalue weighted by molar-refractivity contribution is 0.0995. The van der Waals surface area contributed by atoms with Gasteiger partial charge in [0.05, 0.1) is 5.69 Å². The molecule has 0 aromatic heterocycles. The van der Waals surface area contributed by atoms with Gasteiger partial charge < -0.3 is 0 Å². The fourth-order valence-corrected chi connectivity index (χ4v) is 1.79. The Bertz CT molecular complexity index is 577. The normalized spacial score (nSPS) is 10.8. The highest BCUT2D eigenvalue weighted by Crippen LogP contribution is 2.18. The Morgan fingerprint density at radius 1 is 0.833 bits per heavy atom. The Morgan fingerprint density at radius 2 is 1.33 bits per heavy atom. The molecule has 0 heterocycles. The molecule has 2 rings (SSSR count). The van der Waals surface area contributed by atoms with Gasteiger partial charge in [0.25, 0.3) is 5.91 Å². The van der Waals surface area contributed by atoms with Gasteiger partial charge in [0.2, 0.25) is 0 Å². The minimum atomic E-state index is -0.356. The third kappa shape index (κ3) is 3.58. The minimum absolute atomic E-state index is 0.356. The zero-order chi connectivity index (χ0) is 13.0. The Kier molecular flexibility index (Phi) is 4.38. The van der Waals surface area contributed by atoms with Gasteiger partial charge in [-0.2, -0.15) is 0 Å². The van der Waals surface area contributed by atoms with E-state index < -0.39 is 0 Å². The van der Waals surface area contributed by atoms with E-state index in [-0.39, 0.29) is 5.91 Å². The van der Waals surface area contributed by atoms with Gasteiger partial charge in [-0.15, -0.1) is 10.2 Å². The highest BCUT2D eigenvalue weighted by atomic mass is 79.9. The largest absolute Gasteiger partial charge is 0.295 e. The Labute approximate surface area is 121 Å². The lowest BCUT2D eigenvalue weighted by Gasteiger charge is -1.95. The predicted molar refractivity (Wildman–Crippen MR) is 77.1 cm³/mol. The van der Waals surface area contributed by atoms with Crippen molar-refractivity contribution in [3.63, 3.8) is 0 Å². The molecule has 0 bridgehead atoms. The van der Waals surface area contributed by atoms with Crippen molar-refractivity contribution in [3.8, 4) is 0 Å². The molecule has 0 unspecified atom stereocenters. The lowest BCUT2D eigenvalue weighted by Crippen LogP contribution is -1.92.